The molecule has 0 spiro atoms. The molecule has 0 aromatic carbocycles. The van der Waals surface area contributed by atoms with Gasteiger partial charge in [-0.1, -0.05) is 0 Å². The van der Waals surface area contributed by atoms with Crippen LogP contribution in [0.4, 0.5) is 5.13 Å². The highest BCUT2D eigenvalue weighted by atomic mass is 32.2. The molecular formula is C8H11N3O4S2. The van der Waals surface area contributed by atoms with E-state index in [1.165, 1.54) is 11.2 Å². The van der Waals surface area contributed by atoms with Crippen molar-refractivity contribution in [2.45, 2.75) is 12.5 Å². The molecule has 2 heterocycles. The Kier molecular flexibility index (Phi) is 3.29. The number of carboxylic acids is 1. The van der Waals surface area contributed by atoms with Crippen LogP contribution in [0.15, 0.2) is 6.33 Å². The molecule has 9 heteroatoms. The molecule has 1 N–H and O–H groups in total. The van der Waals surface area contributed by atoms with E-state index in [1.807, 2.05) is 0 Å². The maximum Gasteiger partial charge on any atom is 0.323 e. The fourth-order valence-corrected chi connectivity index (χ4v) is 4.15. The van der Waals surface area contributed by atoms with E-state index >= 15 is 0 Å². The second-order valence-corrected chi connectivity index (χ2v) is 6.79. The molecule has 0 bridgehead atoms. The van der Waals surface area contributed by atoms with Crippen LogP contribution in [0.5, 0.6) is 0 Å². The van der Waals surface area contributed by atoms with Crippen molar-refractivity contribution in [1.82, 2.24) is 9.36 Å². The minimum absolute atomic E-state index is 0.0140. The van der Waals surface area contributed by atoms with Crippen LogP contribution in [0.25, 0.3) is 0 Å². The van der Waals surface area contributed by atoms with Crippen molar-refractivity contribution in [3.8, 4) is 0 Å². The van der Waals surface area contributed by atoms with Gasteiger partial charge in [0.2, 0.25) is 5.13 Å². The minimum Gasteiger partial charge on any atom is -0.480 e. The van der Waals surface area contributed by atoms with Gasteiger partial charge in [0.1, 0.15) is 12.9 Å². The summed E-state index contributed by atoms with van der Waals surface area (Å²) in [5.74, 6) is -0.920. The van der Waals surface area contributed by atoms with E-state index in [1.54, 1.807) is 0 Å². The number of rotatable bonds is 4. The number of hydrogen-bond donors (Lipinski definition) is 1. The monoisotopic (exact) mass is 277 g/mol. The third-order valence-corrected chi connectivity index (χ3v) is 5.00. The highest BCUT2D eigenvalue weighted by molar-refractivity contribution is 7.91. The van der Waals surface area contributed by atoms with Crippen LogP contribution < -0.4 is 4.90 Å². The molecule has 0 radical (unpaired) electrons. The highest BCUT2D eigenvalue weighted by Gasteiger charge is 2.34. The standard InChI is InChI=1S/C8H11N3O4S2/c12-7(13)3-11(8-9-5-10-16-8)6-1-2-17(14,15)4-6/h5-6H,1-4H2,(H,12,13). The Morgan fingerprint density at radius 3 is 2.88 bits per heavy atom. The fourth-order valence-electron chi connectivity index (χ4n) is 1.81. The number of aliphatic carboxylic acids is 1. The van der Waals surface area contributed by atoms with Crippen molar-refractivity contribution < 1.29 is 18.3 Å². The van der Waals surface area contributed by atoms with Crippen LogP contribution in [-0.4, -0.2) is 52.9 Å². The molecule has 1 fully saturated rings. The van der Waals surface area contributed by atoms with Crippen molar-refractivity contribution in [3.63, 3.8) is 0 Å². The molecule has 1 aromatic heterocycles. The molecule has 0 aliphatic carbocycles. The SMILES string of the molecule is O=C(O)CN(c1ncns1)C1CCS(=O)(=O)C1. The first-order chi connectivity index (χ1) is 7.98. The summed E-state index contributed by atoms with van der Waals surface area (Å²) >= 11 is 1.07. The predicted octanol–water partition coefficient (Wildman–Crippen LogP) is -0.384. The Bertz CT molecular complexity index is 499. The molecule has 1 saturated heterocycles. The second kappa shape index (κ2) is 4.57. The molecule has 94 valence electrons. The van der Waals surface area contributed by atoms with Crippen molar-refractivity contribution in [2.75, 3.05) is 23.0 Å². The lowest BCUT2D eigenvalue weighted by Crippen LogP contribution is -2.40. The zero-order chi connectivity index (χ0) is 12.5. The molecule has 2 rings (SSSR count). The van der Waals surface area contributed by atoms with E-state index in [0.717, 1.165) is 11.5 Å². The average molecular weight is 277 g/mol. The summed E-state index contributed by atoms with van der Waals surface area (Å²) in [6.07, 6.45) is 1.77. The number of sulfone groups is 1. The molecule has 1 aliphatic heterocycles. The quantitative estimate of drug-likeness (QED) is 0.800. The van der Waals surface area contributed by atoms with E-state index in [-0.39, 0.29) is 24.1 Å². The van der Waals surface area contributed by atoms with Gasteiger partial charge in [0.25, 0.3) is 0 Å². The molecule has 17 heavy (non-hydrogen) atoms. The number of hydrogen-bond acceptors (Lipinski definition) is 7. The van der Waals surface area contributed by atoms with E-state index in [9.17, 15) is 13.2 Å². The van der Waals surface area contributed by atoms with Crippen molar-refractivity contribution in [3.05, 3.63) is 6.33 Å². The summed E-state index contributed by atoms with van der Waals surface area (Å²) in [5.41, 5.74) is 0. The zero-order valence-electron chi connectivity index (χ0n) is 8.81. The van der Waals surface area contributed by atoms with E-state index in [0.29, 0.717) is 11.6 Å². The maximum atomic E-state index is 11.4. The van der Waals surface area contributed by atoms with Gasteiger partial charge < -0.3 is 10.0 Å². The van der Waals surface area contributed by atoms with Gasteiger partial charge in [-0.05, 0) is 6.42 Å². The zero-order valence-corrected chi connectivity index (χ0v) is 10.4. The molecule has 0 saturated carbocycles. The molecule has 1 atom stereocenters. The molecule has 1 unspecified atom stereocenters. The summed E-state index contributed by atoms with van der Waals surface area (Å²) in [6.45, 7) is -0.255. The van der Waals surface area contributed by atoms with Gasteiger partial charge in [-0.25, -0.2) is 13.4 Å². The Hall–Kier alpha value is -1.22. The average Bonchev–Trinajstić information content (AvgIpc) is 2.83. The van der Waals surface area contributed by atoms with Gasteiger partial charge >= 0.3 is 5.97 Å². The smallest absolute Gasteiger partial charge is 0.323 e. The number of carboxylic acid groups (broad SMARTS) is 1. The van der Waals surface area contributed by atoms with Crippen molar-refractivity contribution >= 4 is 32.5 Å². The van der Waals surface area contributed by atoms with Crippen LogP contribution in [0.2, 0.25) is 0 Å². The van der Waals surface area contributed by atoms with Crippen molar-refractivity contribution in [2.24, 2.45) is 0 Å². The van der Waals surface area contributed by atoms with Gasteiger partial charge in [-0.2, -0.15) is 4.37 Å². The molecule has 0 amide bonds. The molecular weight excluding hydrogens is 266 g/mol. The van der Waals surface area contributed by atoms with E-state index in [2.05, 4.69) is 9.36 Å². The lowest BCUT2D eigenvalue weighted by atomic mass is 10.2. The summed E-state index contributed by atoms with van der Waals surface area (Å²) in [6, 6.07) is -0.316. The number of carbonyl (C=O) groups is 1. The molecule has 1 aromatic rings. The number of anilines is 1. The van der Waals surface area contributed by atoms with Crippen LogP contribution in [0.3, 0.4) is 0 Å². The summed E-state index contributed by atoms with van der Waals surface area (Å²) < 4.78 is 26.6. The Labute approximate surface area is 102 Å². The first kappa shape index (κ1) is 12.2. The third kappa shape index (κ3) is 2.91. The van der Waals surface area contributed by atoms with Gasteiger partial charge in [-0.3, -0.25) is 4.79 Å². The van der Waals surface area contributed by atoms with Gasteiger partial charge in [0.15, 0.2) is 9.84 Å². The molecule has 1 aliphatic rings. The van der Waals surface area contributed by atoms with Gasteiger partial charge in [-0.15, -0.1) is 0 Å². The normalized spacial score (nSPS) is 22.5. The first-order valence-corrected chi connectivity index (χ1v) is 7.53. The first-order valence-electron chi connectivity index (χ1n) is 4.93. The van der Waals surface area contributed by atoms with Gasteiger partial charge in [0, 0.05) is 17.6 Å². The number of nitrogens with zero attached hydrogens (tertiary/aromatic N) is 3. The van der Waals surface area contributed by atoms with Crippen LogP contribution in [-0.2, 0) is 14.6 Å². The fraction of sp³-hybridized carbons (Fsp3) is 0.625. The lowest BCUT2D eigenvalue weighted by Gasteiger charge is -2.25. The van der Waals surface area contributed by atoms with Crippen LogP contribution in [0, 0.1) is 0 Å². The third-order valence-electron chi connectivity index (χ3n) is 2.55. The van der Waals surface area contributed by atoms with E-state index < -0.39 is 15.8 Å². The Morgan fingerprint density at radius 1 is 1.65 bits per heavy atom. The largest absolute Gasteiger partial charge is 0.480 e. The predicted molar refractivity (Wildman–Crippen MR) is 61.9 cm³/mol. The van der Waals surface area contributed by atoms with Crippen molar-refractivity contribution in [1.29, 1.82) is 0 Å². The summed E-state index contributed by atoms with van der Waals surface area (Å²) in [5, 5.41) is 9.29. The summed E-state index contributed by atoms with van der Waals surface area (Å²) in [4.78, 5) is 16.2. The second-order valence-electron chi connectivity index (χ2n) is 3.80. The van der Waals surface area contributed by atoms with E-state index in [4.69, 9.17) is 5.11 Å². The maximum absolute atomic E-state index is 11.4. The van der Waals surface area contributed by atoms with Gasteiger partial charge in [0.05, 0.1) is 11.5 Å². The highest BCUT2D eigenvalue weighted by Crippen LogP contribution is 2.24. The van der Waals surface area contributed by atoms with Crippen LogP contribution >= 0.6 is 11.5 Å². The lowest BCUT2D eigenvalue weighted by molar-refractivity contribution is -0.135. The molecule has 7 nitrogen and oxygen atoms in total. The minimum atomic E-state index is -3.05. The van der Waals surface area contributed by atoms with Crippen LogP contribution in [0.1, 0.15) is 6.42 Å². The Morgan fingerprint density at radius 2 is 2.41 bits per heavy atom. The Balaban J connectivity index is 2.20. The topological polar surface area (TPSA) is 100 Å². The number of aromatic nitrogens is 2. The summed E-state index contributed by atoms with van der Waals surface area (Å²) in [7, 11) is -3.05.